The number of aliphatic hydroxyl groups is 1. The summed E-state index contributed by atoms with van der Waals surface area (Å²) in [5.41, 5.74) is 3.78. The van der Waals surface area contributed by atoms with Crippen molar-refractivity contribution in [3.8, 4) is 28.4 Å². The van der Waals surface area contributed by atoms with Crippen LogP contribution in [0.5, 0.6) is 17.2 Å². The molecule has 2 aromatic carbocycles. The second-order valence-electron chi connectivity index (χ2n) is 8.66. The minimum atomic E-state index is -0.678. The van der Waals surface area contributed by atoms with Gasteiger partial charge in [-0.2, -0.15) is 0 Å². The minimum Gasteiger partial charge on any atom is -0.508 e. The lowest BCUT2D eigenvalue weighted by Crippen LogP contribution is -2.64. The van der Waals surface area contributed by atoms with E-state index in [-0.39, 0.29) is 28.9 Å². The molecule has 2 aliphatic heterocycles. The van der Waals surface area contributed by atoms with E-state index in [0.717, 1.165) is 36.1 Å². The topological polar surface area (TPSA) is 73.2 Å². The third-order valence-electron chi connectivity index (χ3n) is 7.44. The van der Waals surface area contributed by atoms with Crippen LogP contribution in [0.1, 0.15) is 17.5 Å². The summed E-state index contributed by atoms with van der Waals surface area (Å²) in [4.78, 5) is 2.41. The number of rotatable bonds is 1. The van der Waals surface area contributed by atoms with E-state index in [1.807, 2.05) is 18.2 Å². The number of likely N-dealkylation sites (tertiary alicyclic amines) is 1. The molecule has 4 aliphatic rings. The Kier molecular flexibility index (Phi) is 3.12. The molecule has 0 unspecified atom stereocenters. The van der Waals surface area contributed by atoms with Crippen LogP contribution in [0.25, 0.3) is 11.1 Å². The van der Waals surface area contributed by atoms with Crippen LogP contribution in [-0.4, -0.2) is 52.1 Å². The molecule has 1 saturated heterocycles. The summed E-state index contributed by atoms with van der Waals surface area (Å²) >= 11 is 0. The molecule has 1 spiro atoms. The molecule has 0 radical (unpaired) electrons. The molecule has 28 heavy (non-hydrogen) atoms. The molecule has 0 amide bonds. The van der Waals surface area contributed by atoms with Crippen molar-refractivity contribution in [3.05, 3.63) is 53.6 Å². The summed E-state index contributed by atoms with van der Waals surface area (Å²) < 4.78 is 6.25. The number of ether oxygens (including phenoxy) is 1. The van der Waals surface area contributed by atoms with Gasteiger partial charge in [0, 0.05) is 22.9 Å². The normalized spacial score (nSPS) is 34.8. The summed E-state index contributed by atoms with van der Waals surface area (Å²) in [7, 11) is 2.17. The largest absolute Gasteiger partial charge is 0.508 e. The molecule has 6 rings (SSSR count). The first kappa shape index (κ1) is 16.5. The standard InChI is InChI=1S/C23H23NO4/c1-24-8-7-23-16-5-6-18(26)22(23)28-21-19(27)11-14(12-3-2-4-13(25)9-12)15(20(21)23)10-17(16)24/h2-6,9,11,16-18,22,25-27H,7-8,10H2,1H3/t16-,17+,18-,22-,23-/m0/s1. The maximum Gasteiger partial charge on any atom is 0.165 e. The Morgan fingerprint density at radius 2 is 2.04 bits per heavy atom. The highest BCUT2D eigenvalue weighted by Crippen LogP contribution is 2.63. The van der Waals surface area contributed by atoms with E-state index in [9.17, 15) is 15.3 Å². The van der Waals surface area contributed by atoms with Gasteiger partial charge in [0.05, 0.1) is 0 Å². The summed E-state index contributed by atoms with van der Waals surface area (Å²) in [5.74, 6) is 1.12. The van der Waals surface area contributed by atoms with Crippen LogP contribution in [0.2, 0.25) is 0 Å². The van der Waals surface area contributed by atoms with E-state index >= 15 is 0 Å². The number of benzene rings is 2. The predicted octanol–water partition coefficient (Wildman–Crippen LogP) is 2.57. The molecule has 0 saturated carbocycles. The van der Waals surface area contributed by atoms with Crippen molar-refractivity contribution in [1.29, 1.82) is 0 Å². The van der Waals surface area contributed by atoms with Crippen LogP contribution in [-0.2, 0) is 11.8 Å². The van der Waals surface area contributed by atoms with Gasteiger partial charge < -0.3 is 25.0 Å². The lowest BCUT2D eigenvalue weighted by atomic mass is 9.53. The molecule has 144 valence electrons. The fraction of sp³-hybridized carbons (Fsp3) is 0.391. The number of hydrogen-bond donors (Lipinski definition) is 3. The highest BCUT2D eigenvalue weighted by Gasteiger charge is 2.64. The van der Waals surface area contributed by atoms with Crippen LogP contribution in [0.4, 0.5) is 0 Å². The quantitative estimate of drug-likeness (QED) is 0.666. The highest BCUT2D eigenvalue weighted by atomic mass is 16.5. The Balaban J connectivity index is 1.67. The zero-order chi connectivity index (χ0) is 19.2. The van der Waals surface area contributed by atoms with E-state index in [1.165, 1.54) is 5.56 Å². The summed E-state index contributed by atoms with van der Waals surface area (Å²) in [6.45, 7) is 0.942. The minimum absolute atomic E-state index is 0.115. The Labute approximate surface area is 163 Å². The van der Waals surface area contributed by atoms with Gasteiger partial charge in [-0.25, -0.2) is 0 Å². The van der Waals surface area contributed by atoms with Crippen LogP contribution in [0, 0.1) is 5.92 Å². The number of phenolic OH excluding ortho intramolecular Hbond substituents is 2. The van der Waals surface area contributed by atoms with E-state index in [0.29, 0.717) is 11.8 Å². The van der Waals surface area contributed by atoms with Gasteiger partial charge in [0.2, 0.25) is 0 Å². The molecule has 5 atom stereocenters. The SMILES string of the molecule is CN1CC[C@]23c4c5c(-c6cccc(O)c6)cc(O)c4O[C@H]2[C@@H](O)C=C[C@H]3[C@H]1C5. The molecule has 2 heterocycles. The fourth-order valence-corrected chi connectivity index (χ4v) is 6.25. The van der Waals surface area contributed by atoms with Gasteiger partial charge in [-0.05, 0) is 61.3 Å². The van der Waals surface area contributed by atoms with Gasteiger partial charge in [0.25, 0.3) is 0 Å². The summed E-state index contributed by atoms with van der Waals surface area (Å²) in [6, 6.07) is 9.26. The average Bonchev–Trinajstić information content (AvgIpc) is 3.03. The number of nitrogens with zero attached hydrogens (tertiary/aromatic N) is 1. The lowest BCUT2D eigenvalue weighted by molar-refractivity contribution is -0.0452. The second kappa shape index (κ2) is 5.31. The molecule has 1 fully saturated rings. The van der Waals surface area contributed by atoms with Crippen LogP contribution in [0.3, 0.4) is 0 Å². The first-order valence-electron chi connectivity index (χ1n) is 9.92. The number of piperidine rings is 1. The predicted molar refractivity (Wildman–Crippen MR) is 105 cm³/mol. The molecule has 2 aromatic rings. The van der Waals surface area contributed by atoms with Crippen molar-refractivity contribution in [2.24, 2.45) is 5.92 Å². The lowest BCUT2D eigenvalue weighted by Gasteiger charge is -2.56. The van der Waals surface area contributed by atoms with Crippen molar-refractivity contribution in [3.63, 3.8) is 0 Å². The first-order chi connectivity index (χ1) is 13.5. The molecule has 3 N–H and O–H groups in total. The average molecular weight is 377 g/mol. The van der Waals surface area contributed by atoms with Gasteiger partial charge >= 0.3 is 0 Å². The Morgan fingerprint density at radius 1 is 1.18 bits per heavy atom. The zero-order valence-corrected chi connectivity index (χ0v) is 15.7. The molecule has 0 aromatic heterocycles. The highest BCUT2D eigenvalue weighted by molar-refractivity contribution is 5.78. The second-order valence-corrected chi connectivity index (χ2v) is 8.66. The number of phenols is 2. The molecule has 5 nitrogen and oxygen atoms in total. The maximum atomic E-state index is 10.9. The number of hydrogen-bond acceptors (Lipinski definition) is 5. The van der Waals surface area contributed by atoms with Crippen molar-refractivity contribution in [2.75, 3.05) is 13.6 Å². The van der Waals surface area contributed by atoms with E-state index in [2.05, 4.69) is 18.0 Å². The fourth-order valence-electron chi connectivity index (χ4n) is 6.25. The summed E-state index contributed by atoms with van der Waals surface area (Å²) in [6.07, 6.45) is 4.73. The maximum absolute atomic E-state index is 10.9. The Bertz CT molecular complexity index is 1030. The first-order valence-corrected chi connectivity index (χ1v) is 9.92. The van der Waals surface area contributed by atoms with E-state index in [1.54, 1.807) is 18.2 Å². The van der Waals surface area contributed by atoms with Crippen molar-refractivity contribution in [1.82, 2.24) is 4.90 Å². The van der Waals surface area contributed by atoms with E-state index < -0.39 is 6.10 Å². The molecule has 2 aliphatic carbocycles. The van der Waals surface area contributed by atoms with Gasteiger partial charge in [0.15, 0.2) is 11.5 Å². The van der Waals surface area contributed by atoms with E-state index in [4.69, 9.17) is 4.74 Å². The van der Waals surface area contributed by atoms with Crippen LogP contribution >= 0.6 is 0 Å². The monoisotopic (exact) mass is 377 g/mol. The van der Waals surface area contributed by atoms with Crippen LogP contribution in [0.15, 0.2) is 42.5 Å². The Hall–Kier alpha value is -2.50. The zero-order valence-electron chi connectivity index (χ0n) is 15.7. The van der Waals surface area contributed by atoms with Gasteiger partial charge in [0.1, 0.15) is 18.0 Å². The van der Waals surface area contributed by atoms with Gasteiger partial charge in [-0.3, -0.25) is 0 Å². The third-order valence-corrected chi connectivity index (χ3v) is 7.44. The number of aromatic hydroxyl groups is 2. The molecular weight excluding hydrogens is 354 g/mol. The molecule has 2 bridgehead atoms. The third kappa shape index (κ3) is 1.84. The number of likely N-dealkylation sites (N-methyl/N-ethyl adjacent to an activating group) is 1. The van der Waals surface area contributed by atoms with Crippen molar-refractivity contribution >= 4 is 0 Å². The van der Waals surface area contributed by atoms with Crippen molar-refractivity contribution < 1.29 is 20.1 Å². The van der Waals surface area contributed by atoms with Crippen molar-refractivity contribution in [2.45, 2.75) is 36.5 Å². The summed E-state index contributed by atoms with van der Waals surface area (Å²) in [5, 5.41) is 31.6. The van der Waals surface area contributed by atoms with Crippen LogP contribution < -0.4 is 4.74 Å². The van der Waals surface area contributed by atoms with Gasteiger partial charge in [-0.15, -0.1) is 0 Å². The molecule has 5 heteroatoms. The van der Waals surface area contributed by atoms with Gasteiger partial charge in [-0.1, -0.05) is 24.3 Å². The Morgan fingerprint density at radius 3 is 2.86 bits per heavy atom. The smallest absolute Gasteiger partial charge is 0.165 e. The number of aliphatic hydroxyl groups excluding tert-OH is 1. The molecular formula is C23H23NO4.